The Morgan fingerprint density at radius 3 is 2.94 bits per heavy atom. The van der Waals surface area contributed by atoms with Crippen LogP contribution in [0.15, 0.2) is 33.7 Å². The Hall–Kier alpha value is -2.37. The van der Waals surface area contributed by atoms with Gasteiger partial charge in [-0.3, -0.25) is 9.59 Å². The van der Waals surface area contributed by atoms with E-state index >= 15 is 0 Å². The molecule has 6 heteroatoms. The summed E-state index contributed by atoms with van der Waals surface area (Å²) in [7, 11) is 0. The van der Waals surface area contributed by atoms with Crippen LogP contribution in [0.2, 0.25) is 0 Å². The molecule has 0 aliphatic carbocycles. The van der Waals surface area contributed by atoms with Crippen molar-refractivity contribution in [2.45, 2.75) is 13.5 Å². The van der Waals surface area contributed by atoms with E-state index in [4.69, 9.17) is 4.52 Å². The number of carbonyl (C=O) groups is 1. The van der Waals surface area contributed by atoms with Crippen LogP contribution in [0.4, 0.5) is 0 Å². The first-order chi connectivity index (χ1) is 8.15. The third-order valence-corrected chi connectivity index (χ3v) is 2.15. The molecule has 0 atom stereocenters. The van der Waals surface area contributed by atoms with Gasteiger partial charge >= 0.3 is 0 Å². The highest BCUT2D eigenvalue weighted by atomic mass is 16.5. The molecule has 2 rings (SSSR count). The van der Waals surface area contributed by atoms with Crippen LogP contribution in [0, 0.1) is 6.92 Å². The maximum atomic E-state index is 11.6. The molecular formula is C11H11N3O3. The fourth-order valence-corrected chi connectivity index (χ4v) is 1.32. The molecule has 6 nitrogen and oxygen atoms in total. The number of pyridine rings is 1. The maximum absolute atomic E-state index is 11.6. The second-order valence-electron chi connectivity index (χ2n) is 3.56. The molecule has 88 valence electrons. The van der Waals surface area contributed by atoms with Crippen molar-refractivity contribution in [1.82, 2.24) is 15.5 Å². The highest BCUT2D eigenvalue weighted by Crippen LogP contribution is 2.02. The minimum absolute atomic E-state index is 0.243. The van der Waals surface area contributed by atoms with E-state index in [1.807, 2.05) is 0 Å². The lowest BCUT2D eigenvalue weighted by Gasteiger charge is -2.01. The number of H-pyrrole nitrogens is 1. The van der Waals surface area contributed by atoms with Crippen molar-refractivity contribution in [2.75, 3.05) is 0 Å². The minimum atomic E-state index is -0.282. The number of aromatic amines is 1. The molecule has 0 bridgehead atoms. The van der Waals surface area contributed by atoms with E-state index in [0.29, 0.717) is 11.3 Å². The number of rotatable bonds is 3. The second kappa shape index (κ2) is 4.65. The van der Waals surface area contributed by atoms with Crippen molar-refractivity contribution >= 4 is 5.91 Å². The van der Waals surface area contributed by atoms with Crippen LogP contribution in [0.3, 0.4) is 0 Å². The summed E-state index contributed by atoms with van der Waals surface area (Å²) in [5.74, 6) is 0.301. The van der Waals surface area contributed by atoms with E-state index in [1.54, 1.807) is 13.0 Å². The van der Waals surface area contributed by atoms with E-state index in [0.717, 1.165) is 5.69 Å². The van der Waals surface area contributed by atoms with Crippen molar-refractivity contribution in [3.63, 3.8) is 0 Å². The molecule has 0 saturated heterocycles. The van der Waals surface area contributed by atoms with Crippen LogP contribution in [-0.2, 0) is 6.54 Å². The van der Waals surface area contributed by atoms with Crippen molar-refractivity contribution in [3.8, 4) is 0 Å². The van der Waals surface area contributed by atoms with Gasteiger partial charge in [0.05, 0.1) is 17.8 Å². The first-order valence-corrected chi connectivity index (χ1v) is 5.04. The van der Waals surface area contributed by atoms with Crippen molar-refractivity contribution in [1.29, 1.82) is 0 Å². The van der Waals surface area contributed by atoms with E-state index in [-0.39, 0.29) is 18.0 Å². The number of carbonyl (C=O) groups excluding carboxylic acids is 1. The second-order valence-corrected chi connectivity index (χ2v) is 3.56. The van der Waals surface area contributed by atoms with Gasteiger partial charge in [-0.05, 0) is 13.0 Å². The molecule has 1 amide bonds. The zero-order chi connectivity index (χ0) is 12.3. The van der Waals surface area contributed by atoms with Gasteiger partial charge in [0.2, 0.25) is 5.56 Å². The molecule has 0 aromatic carbocycles. The molecule has 17 heavy (non-hydrogen) atoms. The number of aryl methyl sites for hydroxylation is 1. The summed E-state index contributed by atoms with van der Waals surface area (Å²) in [6, 6.07) is 4.50. The zero-order valence-electron chi connectivity index (χ0n) is 9.19. The molecular weight excluding hydrogens is 222 g/mol. The van der Waals surface area contributed by atoms with Gasteiger partial charge in [-0.1, -0.05) is 5.16 Å². The van der Waals surface area contributed by atoms with Gasteiger partial charge < -0.3 is 14.8 Å². The van der Waals surface area contributed by atoms with Crippen molar-refractivity contribution in [2.24, 2.45) is 0 Å². The van der Waals surface area contributed by atoms with Crippen LogP contribution < -0.4 is 10.9 Å². The van der Waals surface area contributed by atoms with Crippen LogP contribution in [0.1, 0.15) is 21.8 Å². The summed E-state index contributed by atoms with van der Waals surface area (Å²) >= 11 is 0. The Morgan fingerprint density at radius 2 is 2.35 bits per heavy atom. The Balaban J connectivity index is 1.98. The molecule has 0 unspecified atom stereocenters. The molecule has 2 aromatic heterocycles. The summed E-state index contributed by atoms with van der Waals surface area (Å²) in [5, 5.41) is 6.36. The van der Waals surface area contributed by atoms with Gasteiger partial charge in [0.1, 0.15) is 0 Å². The van der Waals surface area contributed by atoms with E-state index in [1.165, 1.54) is 18.3 Å². The molecule has 0 aliphatic rings. The lowest BCUT2D eigenvalue weighted by molar-refractivity contribution is 0.0946. The zero-order valence-corrected chi connectivity index (χ0v) is 9.19. The normalized spacial score (nSPS) is 10.2. The number of nitrogens with zero attached hydrogens (tertiary/aromatic N) is 1. The van der Waals surface area contributed by atoms with Gasteiger partial charge in [-0.25, -0.2) is 0 Å². The third kappa shape index (κ3) is 2.81. The van der Waals surface area contributed by atoms with Crippen LogP contribution in [0.25, 0.3) is 0 Å². The van der Waals surface area contributed by atoms with Crippen molar-refractivity contribution < 1.29 is 9.32 Å². The molecule has 0 fully saturated rings. The summed E-state index contributed by atoms with van der Waals surface area (Å²) < 4.78 is 4.95. The average molecular weight is 233 g/mol. The highest BCUT2D eigenvalue weighted by molar-refractivity contribution is 5.93. The molecule has 2 aromatic rings. The smallest absolute Gasteiger partial charge is 0.253 e. The van der Waals surface area contributed by atoms with E-state index in [9.17, 15) is 9.59 Å². The Kier molecular flexibility index (Phi) is 3.04. The Morgan fingerprint density at radius 1 is 1.53 bits per heavy atom. The van der Waals surface area contributed by atoms with Gasteiger partial charge in [-0.2, -0.15) is 0 Å². The third-order valence-electron chi connectivity index (χ3n) is 2.15. The molecule has 0 radical (unpaired) electrons. The highest BCUT2D eigenvalue weighted by Gasteiger charge is 2.06. The topological polar surface area (TPSA) is 88.0 Å². The number of amides is 1. The van der Waals surface area contributed by atoms with Crippen LogP contribution >= 0.6 is 0 Å². The Labute approximate surface area is 96.6 Å². The molecule has 2 heterocycles. The lowest BCUT2D eigenvalue weighted by Crippen LogP contribution is -2.23. The first kappa shape index (κ1) is 11.1. The van der Waals surface area contributed by atoms with Crippen LogP contribution in [0.5, 0.6) is 0 Å². The summed E-state index contributed by atoms with van der Waals surface area (Å²) in [4.78, 5) is 24.9. The van der Waals surface area contributed by atoms with Gasteiger partial charge in [0, 0.05) is 18.3 Å². The fraction of sp³-hybridized carbons (Fsp3) is 0.182. The number of nitrogens with one attached hydrogen (secondary N) is 2. The average Bonchev–Trinajstić information content (AvgIpc) is 2.73. The number of aromatic nitrogens is 2. The number of hydrogen-bond donors (Lipinski definition) is 2. The van der Waals surface area contributed by atoms with Crippen molar-refractivity contribution in [3.05, 3.63) is 51.8 Å². The maximum Gasteiger partial charge on any atom is 0.253 e. The van der Waals surface area contributed by atoms with E-state index in [2.05, 4.69) is 15.5 Å². The summed E-state index contributed by atoms with van der Waals surface area (Å²) in [5.41, 5.74) is 0.909. The predicted octanol–water partition coefficient (Wildman–Crippen LogP) is 0.601. The molecule has 0 aliphatic heterocycles. The predicted molar refractivity (Wildman–Crippen MR) is 59.5 cm³/mol. The number of hydrogen-bond acceptors (Lipinski definition) is 4. The van der Waals surface area contributed by atoms with Gasteiger partial charge in [-0.15, -0.1) is 0 Å². The molecule has 0 spiro atoms. The fourth-order valence-electron chi connectivity index (χ4n) is 1.32. The lowest BCUT2D eigenvalue weighted by atomic mass is 10.2. The van der Waals surface area contributed by atoms with Gasteiger partial charge in [0.15, 0.2) is 5.76 Å². The largest absolute Gasteiger partial charge is 0.359 e. The molecule has 2 N–H and O–H groups in total. The van der Waals surface area contributed by atoms with Crippen LogP contribution in [-0.4, -0.2) is 16.0 Å². The Bertz CT molecular complexity index is 565. The summed E-state index contributed by atoms with van der Waals surface area (Å²) in [6.07, 6.45) is 1.36. The summed E-state index contributed by atoms with van der Waals surface area (Å²) in [6.45, 7) is 2.07. The molecule has 0 saturated carbocycles. The quantitative estimate of drug-likeness (QED) is 0.812. The van der Waals surface area contributed by atoms with Gasteiger partial charge in [0.25, 0.3) is 5.91 Å². The SMILES string of the molecule is Cc1cc(CNC(=O)c2ccc(=O)[nH]c2)on1. The van der Waals surface area contributed by atoms with E-state index < -0.39 is 0 Å². The first-order valence-electron chi connectivity index (χ1n) is 5.04. The minimum Gasteiger partial charge on any atom is -0.359 e. The standard InChI is InChI=1S/C11H11N3O3/c1-7-4-9(17-14-7)6-13-11(16)8-2-3-10(15)12-5-8/h2-5H,6H2,1H3,(H,12,15)(H,13,16). The monoisotopic (exact) mass is 233 g/mol.